The second kappa shape index (κ2) is 5.32. The van der Waals surface area contributed by atoms with Crippen molar-refractivity contribution in [3.63, 3.8) is 0 Å². The highest BCUT2D eigenvalue weighted by Gasteiger charge is 2.11. The first kappa shape index (κ1) is 11.4. The molecule has 1 aliphatic rings. The molecule has 1 aromatic rings. The molecule has 88 valence electrons. The molecule has 0 saturated heterocycles. The van der Waals surface area contributed by atoms with E-state index < -0.39 is 0 Å². The molecule has 1 unspecified atom stereocenters. The summed E-state index contributed by atoms with van der Waals surface area (Å²) in [4.78, 5) is 0. The van der Waals surface area contributed by atoms with Gasteiger partial charge in [-0.3, -0.25) is 0 Å². The van der Waals surface area contributed by atoms with Crippen LogP contribution in [0.1, 0.15) is 18.1 Å². The van der Waals surface area contributed by atoms with Gasteiger partial charge in [0.1, 0.15) is 5.75 Å². The highest BCUT2D eigenvalue weighted by Crippen LogP contribution is 2.25. The molecule has 1 aromatic carbocycles. The molecule has 1 atom stereocenters. The van der Waals surface area contributed by atoms with E-state index >= 15 is 0 Å². The molecule has 0 bridgehead atoms. The standard InChI is InChI=1S/C13H19NO2/c1-10(9-15)7-14-8-11-2-3-13-12(6-11)4-5-16-13/h2-3,6,10,14-15H,4-5,7-9H2,1H3. The van der Waals surface area contributed by atoms with Crippen molar-refractivity contribution in [1.82, 2.24) is 5.32 Å². The van der Waals surface area contributed by atoms with Crippen LogP contribution in [0.15, 0.2) is 18.2 Å². The summed E-state index contributed by atoms with van der Waals surface area (Å²) in [5.74, 6) is 1.35. The zero-order chi connectivity index (χ0) is 11.4. The Morgan fingerprint density at radius 2 is 2.38 bits per heavy atom. The zero-order valence-electron chi connectivity index (χ0n) is 9.70. The first-order valence-electron chi connectivity index (χ1n) is 5.86. The molecule has 1 aliphatic heterocycles. The van der Waals surface area contributed by atoms with Crippen molar-refractivity contribution < 1.29 is 9.84 Å². The molecule has 0 fully saturated rings. The van der Waals surface area contributed by atoms with E-state index in [4.69, 9.17) is 9.84 Å². The third kappa shape index (κ3) is 2.74. The SMILES string of the molecule is CC(CO)CNCc1ccc2c(c1)CCO2. The van der Waals surface area contributed by atoms with Gasteiger partial charge in [-0.05, 0) is 23.1 Å². The lowest BCUT2D eigenvalue weighted by atomic mass is 10.1. The molecule has 0 aromatic heterocycles. The minimum absolute atomic E-state index is 0.241. The molecule has 0 spiro atoms. The molecular weight excluding hydrogens is 202 g/mol. The first-order valence-corrected chi connectivity index (χ1v) is 5.86. The fraction of sp³-hybridized carbons (Fsp3) is 0.538. The van der Waals surface area contributed by atoms with Gasteiger partial charge in [-0.1, -0.05) is 19.1 Å². The summed E-state index contributed by atoms with van der Waals surface area (Å²) in [6.45, 7) is 4.80. The molecular formula is C13H19NO2. The van der Waals surface area contributed by atoms with E-state index in [1.54, 1.807) is 0 Å². The van der Waals surface area contributed by atoms with Gasteiger partial charge in [0.15, 0.2) is 0 Å². The van der Waals surface area contributed by atoms with Crippen LogP contribution in [0.4, 0.5) is 0 Å². The molecule has 3 nitrogen and oxygen atoms in total. The molecule has 16 heavy (non-hydrogen) atoms. The number of ether oxygens (including phenoxy) is 1. The second-order valence-electron chi connectivity index (χ2n) is 4.46. The van der Waals surface area contributed by atoms with Gasteiger partial charge in [0.05, 0.1) is 6.61 Å². The van der Waals surface area contributed by atoms with Crippen LogP contribution >= 0.6 is 0 Å². The maximum atomic E-state index is 8.90. The van der Waals surface area contributed by atoms with Crippen LogP contribution in [0, 0.1) is 5.92 Å². The van der Waals surface area contributed by atoms with E-state index in [0.29, 0.717) is 5.92 Å². The fourth-order valence-corrected chi connectivity index (χ4v) is 1.88. The Hall–Kier alpha value is -1.06. The summed E-state index contributed by atoms with van der Waals surface area (Å²) in [6, 6.07) is 6.36. The van der Waals surface area contributed by atoms with Crippen molar-refractivity contribution in [1.29, 1.82) is 0 Å². The summed E-state index contributed by atoms with van der Waals surface area (Å²) in [7, 11) is 0. The average molecular weight is 221 g/mol. The number of rotatable bonds is 5. The van der Waals surface area contributed by atoms with Crippen molar-refractivity contribution in [3.05, 3.63) is 29.3 Å². The Balaban J connectivity index is 1.86. The number of benzene rings is 1. The molecule has 2 N–H and O–H groups in total. The van der Waals surface area contributed by atoms with Gasteiger partial charge in [0, 0.05) is 26.1 Å². The van der Waals surface area contributed by atoms with Crippen LogP contribution in [0.3, 0.4) is 0 Å². The van der Waals surface area contributed by atoms with Crippen molar-refractivity contribution in [3.8, 4) is 5.75 Å². The lowest BCUT2D eigenvalue weighted by Crippen LogP contribution is -2.22. The summed E-state index contributed by atoms with van der Waals surface area (Å²) in [5, 5.41) is 12.2. The van der Waals surface area contributed by atoms with E-state index in [2.05, 4.69) is 23.5 Å². The third-order valence-corrected chi connectivity index (χ3v) is 2.89. The van der Waals surface area contributed by atoms with E-state index in [0.717, 1.165) is 31.9 Å². The smallest absolute Gasteiger partial charge is 0.122 e. The lowest BCUT2D eigenvalue weighted by molar-refractivity contribution is 0.233. The molecule has 0 aliphatic carbocycles. The molecule has 3 heteroatoms. The lowest BCUT2D eigenvalue weighted by Gasteiger charge is -2.10. The van der Waals surface area contributed by atoms with Gasteiger partial charge in [-0.2, -0.15) is 0 Å². The highest BCUT2D eigenvalue weighted by atomic mass is 16.5. The van der Waals surface area contributed by atoms with Crippen molar-refractivity contribution >= 4 is 0 Å². The van der Waals surface area contributed by atoms with Gasteiger partial charge in [0.2, 0.25) is 0 Å². The molecule has 0 radical (unpaired) electrons. The van der Waals surface area contributed by atoms with Gasteiger partial charge in [-0.25, -0.2) is 0 Å². The normalized spacial score (nSPS) is 15.6. The predicted molar refractivity (Wildman–Crippen MR) is 63.6 cm³/mol. The van der Waals surface area contributed by atoms with Crippen LogP contribution in [-0.2, 0) is 13.0 Å². The maximum absolute atomic E-state index is 8.90. The Bertz CT molecular complexity index is 352. The first-order chi connectivity index (χ1) is 7.79. The second-order valence-corrected chi connectivity index (χ2v) is 4.46. The Morgan fingerprint density at radius 1 is 1.50 bits per heavy atom. The van der Waals surface area contributed by atoms with Gasteiger partial charge in [0.25, 0.3) is 0 Å². The van der Waals surface area contributed by atoms with E-state index in [1.165, 1.54) is 11.1 Å². The number of nitrogens with one attached hydrogen (secondary N) is 1. The summed E-state index contributed by atoms with van der Waals surface area (Å²) in [6.07, 6.45) is 1.02. The van der Waals surface area contributed by atoms with Crippen LogP contribution in [0.2, 0.25) is 0 Å². The number of aliphatic hydroxyl groups excluding tert-OH is 1. The summed E-state index contributed by atoms with van der Waals surface area (Å²) < 4.78 is 5.46. The van der Waals surface area contributed by atoms with Crippen LogP contribution < -0.4 is 10.1 Å². The summed E-state index contributed by atoms with van der Waals surface area (Å²) >= 11 is 0. The largest absolute Gasteiger partial charge is 0.493 e. The fourth-order valence-electron chi connectivity index (χ4n) is 1.88. The number of hydrogen-bond donors (Lipinski definition) is 2. The maximum Gasteiger partial charge on any atom is 0.122 e. The predicted octanol–water partition coefficient (Wildman–Crippen LogP) is 1.34. The van der Waals surface area contributed by atoms with Crippen molar-refractivity contribution in [2.45, 2.75) is 19.9 Å². The topological polar surface area (TPSA) is 41.5 Å². The minimum atomic E-state index is 0.241. The molecule has 1 heterocycles. The number of fused-ring (bicyclic) bond motifs is 1. The monoisotopic (exact) mass is 221 g/mol. The highest BCUT2D eigenvalue weighted by molar-refractivity contribution is 5.39. The average Bonchev–Trinajstić information content (AvgIpc) is 2.76. The molecule has 0 amide bonds. The van der Waals surface area contributed by atoms with Gasteiger partial charge >= 0.3 is 0 Å². The molecule has 0 saturated carbocycles. The van der Waals surface area contributed by atoms with Gasteiger partial charge < -0.3 is 15.2 Å². The Kier molecular flexibility index (Phi) is 3.80. The van der Waals surface area contributed by atoms with Crippen molar-refractivity contribution in [2.24, 2.45) is 5.92 Å². The molecule has 2 rings (SSSR count). The number of aliphatic hydroxyl groups is 1. The van der Waals surface area contributed by atoms with Gasteiger partial charge in [-0.15, -0.1) is 0 Å². The quantitative estimate of drug-likeness (QED) is 0.788. The van der Waals surface area contributed by atoms with Crippen LogP contribution in [0.5, 0.6) is 5.75 Å². The van der Waals surface area contributed by atoms with Crippen LogP contribution in [0.25, 0.3) is 0 Å². The minimum Gasteiger partial charge on any atom is -0.493 e. The van der Waals surface area contributed by atoms with Crippen LogP contribution in [-0.4, -0.2) is 24.9 Å². The number of hydrogen-bond acceptors (Lipinski definition) is 3. The van der Waals surface area contributed by atoms with E-state index in [-0.39, 0.29) is 6.61 Å². The van der Waals surface area contributed by atoms with E-state index in [9.17, 15) is 0 Å². The Labute approximate surface area is 96.4 Å². The van der Waals surface area contributed by atoms with E-state index in [1.807, 2.05) is 6.92 Å². The summed E-state index contributed by atoms with van der Waals surface area (Å²) in [5.41, 5.74) is 2.60. The van der Waals surface area contributed by atoms with Crippen molar-refractivity contribution in [2.75, 3.05) is 19.8 Å². The third-order valence-electron chi connectivity index (χ3n) is 2.89. The zero-order valence-corrected chi connectivity index (χ0v) is 9.70. The Morgan fingerprint density at radius 3 is 3.19 bits per heavy atom.